The van der Waals surface area contributed by atoms with Gasteiger partial charge in [-0.1, -0.05) is 18.2 Å². The van der Waals surface area contributed by atoms with Crippen LogP contribution in [0, 0.1) is 0 Å². The Morgan fingerprint density at radius 2 is 1.83 bits per heavy atom. The van der Waals surface area contributed by atoms with Crippen molar-refractivity contribution in [3.8, 4) is 11.4 Å². The summed E-state index contributed by atoms with van der Waals surface area (Å²) in [7, 11) is 0. The molecule has 1 aliphatic rings. The fourth-order valence-corrected chi connectivity index (χ4v) is 3.62. The second kappa shape index (κ2) is 6.20. The molecule has 3 aromatic heterocycles. The summed E-state index contributed by atoms with van der Waals surface area (Å²) in [6, 6.07) is 13.1. The maximum atomic E-state index is 12.8. The Morgan fingerprint density at radius 3 is 2.66 bits per heavy atom. The number of ketones is 2. The van der Waals surface area contributed by atoms with E-state index in [0.717, 1.165) is 27.9 Å². The highest BCUT2D eigenvalue weighted by atomic mass is 16.2. The second-order valence-corrected chi connectivity index (χ2v) is 6.78. The van der Waals surface area contributed by atoms with Crippen LogP contribution in [0.15, 0.2) is 60.4 Å². The smallest absolute Gasteiger partial charge is 0.228 e. The molecular formula is C22H14N4O3. The number of carbonyl (C=O) groups excluding carboxylic acids is 3. The number of nitrogens with zero attached hydrogens (tertiary/aromatic N) is 2. The number of benzene rings is 1. The number of para-hydroxylation sites is 1. The SMILES string of the molecule is CC(=O)NC1=CC(=O)c2ccc(-c3nccc4c3[nH]c3ccccc34)nc2C1=O. The number of allylic oxidation sites excluding steroid dienone is 2. The molecule has 0 saturated heterocycles. The summed E-state index contributed by atoms with van der Waals surface area (Å²) < 4.78 is 0. The number of pyridine rings is 2. The minimum absolute atomic E-state index is 0.00802. The summed E-state index contributed by atoms with van der Waals surface area (Å²) in [6.45, 7) is 1.28. The van der Waals surface area contributed by atoms with Crippen LogP contribution in [-0.2, 0) is 4.79 Å². The van der Waals surface area contributed by atoms with E-state index in [9.17, 15) is 14.4 Å². The maximum absolute atomic E-state index is 12.8. The van der Waals surface area contributed by atoms with Gasteiger partial charge in [0.15, 0.2) is 5.78 Å². The molecule has 5 rings (SSSR count). The van der Waals surface area contributed by atoms with Gasteiger partial charge in [-0.2, -0.15) is 0 Å². The number of rotatable bonds is 2. The van der Waals surface area contributed by atoms with E-state index < -0.39 is 11.7 Å². The minimum Gasteiger partial charge on any atom is -0.353 e. The number of aromatic nitrogens is 3. The first-order valence-corrected chi connectivity index (χ1v) is 8.98. The number of H-pyrrole nitrogens is 1. The molecule has 0 bridgehead atoms. The van der Waals surface area contributed by atoms with Crippen LogP contribution in [-0.4, -0.2) is 32.4 Å². The lowest BCUT2D eigenvalue weighted by atomic mass is 9.96. The number of amides is 1. The van der Waals surface area contributed by atoms with E-state index in [4.69, 9.17) is 0 Å². The Labute approximate surface area is 164 Å². The Hall–Kier alpha value is -4.13. The van der Waals surface area contributed by atoms with Crippen molar-refractivity contribution in [1.29, 1.82) is 0 Å². The molecule has 0 aliphatic heterocycles. The summed E-state index contributed by atoms with van der Waals surface area (Å²) in [4.78, 5) is 48.7. The standard InChI is InChI=1S/C22H14N4O3/c1-11(27)24-17-10-18(28)14-6-7-16(26-20(14)22(17)29)21-19-13(8-9-23-21)12-4-2-3-5-15(12)25-19/h2-10,25H,1H3,(H,24,27). The van der Waals surface area contributed by atoms with Crippen LogP contribution >= 0.6 is 0 Å². The van der Waals surface area contributed by atoms with E-state index in [1.54, 1.807) is 18.3 Å². The van der Waals surface area contributed by atoms with Gasteiger partial charge in [0.1, 0.15) is 11.4 Å². The van der Waals surface area contributed by atoms with Crippen LogP contribution in [0.4, 0.5) is 0 Å². The molecule has 0 spiro atoms. The third-order valence-corrected chi connectivity index (χ3v) is 4.88. The highest BCUT2D eigenvalue weighted by molar-refractivity contribution is 6.24. The summed E-state index contributed by atoms with van der Waals surface area (Å²) in [5.41, 5.74) is 2.95. The highest BCUT2D eigenvalue weighted by Gasteiger charge is 2.28. The first kappa shape index (κ1) is 17.0. The molecule has 29 heavy (non-hydrogen) atoms. The molecule has 140 valence electrons. The number of fused-ring (bicyclic) bond motifs is 4. The summed E-state index contributed by atoms with van der Waals surface area (Å²) in [5, 5.41) is 4.45. The average Bonchev–Trinajstić information content (AvgIpc) is 3.10. The van der Waals surface area contributed by atoms with E-state index in [1.807, 2.05) is 30.3 Å². The number of nitrogens with one attached hydrogen (secondary N) is 2. The Bertz CT molecular complexity index is 1400. The first-order chi connectivity index (χ1) is 14.0. The molecular weight excluding hydrogens is 368 g/mol. The second-order valence-electron chi connectivity index (χ2n) is 6.78. The van der Waals surface area contributed by atoms with Crippen molar-refractivity contribution >= 4 is 39.3 Å². The number of carbonyl (C=O) groups is 3. The van der Waals surface area contributed by atoms with Gasteiger partial charge in [-0.15, -0.1) is 0 Å². The summed E-state index contributed by atoms with van der Waals surface area (Å²) in [5.74, 6) is -1.30. The van der Waals surface area contributed by atoms with Crippen molar-refractivity contribution in [2.45, 2.75) is 6.92 Å². The zero-order valence-electron chi connectivity index (χ0n) is 15.3. The lowest BCUT2D eigenvalue weighted by Crippen LogP contribution is -2.30. The quantitative estimate of drug-likeness (QED) is 0.554. The highest BCUT2D eigenvalue weighted by Crippen LogP contribution is 2.31. The largest absolute Gasteiger partial charge is 0.353 e. The molecule has 1 amide bonds. The van der Waals surface area contributed by atoms with Gasteiger partial charge in [0.25, 0.3) is 0 Å². The van der Waals surface area contributed by atoms with Gasteiger partial charge in [0.05, 0.1) is 22.5 Å². The Balaban J connectivity index is 1.69. The van der Waals surface area contributed by atoms with Crippen LogP contribution < -0.4 is 5.32 Å². The molecule has 1 aliphatic carbocycles. The number of hydrogen-bond acceptors (Lipinski definition) is 5. The third-order valence-electron chi connectivity index (χ3n) is 4.88. The van der Waals surface area contributed by atoms with E-state index >= 15 is 0 Å². The number of hydrogen-bond donors (Lipinski definition) is 2. The van der Waals surface area contributed by atoms with Crippen molar-refractivity contribution in [3.05, 3.63) is 71.7 Å². The lowest BCUT2D eigenvalue weighted by molar-refractivity contribution is -0.118. The van der Waals surface area contributed by atoms with Gasteiger partial charge < -0.3 is 10.3 Å². The fraction of sp³-hybridized carbons (Fsp3) is 0.0455. The van der Waals surface area contributed by atoms with Gasteiger partial charge in [-0.3, -0.25) is 19.4 Å². The molecule has 0 fully saturated rings. The van der Waals surface area contributed by atoms with Gasteiger partial charge in [-0.05, 0) is 24.3 Å². The molecule has 0 saturated carbocycles. The predicted octanol–water partition coefficient (Wildman–Crippen LogP) is 3.18. The zero-order chi connectivity index (χ0) is 20.1. The summed E-state index contributed by atoms with van der Waals surface area (Å²) >= 11 is 0. The van der Waals surface area contributed by atoms with Gasteiger partial charge in [-0.25, -0.2) is 4.98 Å². The molecule has 0 radical (unpaired) electrons. The maximum Gasteiger partial charge on any atom is 0.228 e. The van der Waals surface area contributed by atoms with E-state index in [2.05, 4.69) is 20.3 Å². The van der Waals surface area contributed by atoms with Gasteiger partial charge >= 0.3 is 0 Å². The molecule has 3 heterocycles. The molecule has 0 unspecified atom stereocenters. The van der Waals surface area contributed by atoms with Crippen molar-refractivity contribution in [2.24, 2.45) is 0 Å². The van der Waals surface area contributed by atoms with Crippen molar-refractivity contribution in [3.63, 3.8) is 0 Å². The molecule has 4 aromatic rings. The van der Waals surface area contributed by atoms with Crippen LogP contribution in [0.25, 0.3) is 33.2 Å². The first-order valence-electron chi connectivity index (χ1n) is 8.98. The van der Waals surface area contributed by atoms with E-state index in [0.29, 0.717) is 11.4 Å². The molecule has 1 aromatic carbocycles. The summed E-state index contributed by atoms with van der Waals surface area (Å²) in [6.07, 6.45) is 2.82. The number of aromatic amines is 1. The van der Waals surface area contributed by atoms with Crippen LogP contribution in [0.2, 0.25) is 0 Å². The normalized spacial score (nSPS) is 13.5. The van der Waals surface area contributed by atoms with Crippen LogP contribution in [0.1, 0.15) is 27.8 Å². The van der Waals surface area contributed by atoms with Crippen molar-refractivity contribution < 1.29 is 14.4 Å². The van der Waals surface area contributed by atoms with Crippen molar-refractivity contribution in [2.75, 3.05) is 0 Å². The Kier molecular flexibility index (Phi) is 3.64. The van der Waals surface area contributed by atoms with Gasteiger partial charge in [0.2, 0.25) is 11.7 Å². The monoisotopic (exact) mass is 382 g/mol. The Morgan fingerprint density at radius 1 is 1.00 bits per heavy atom. The van der Waals surface area contributed by atoms with Crippen LogP contribution in [0.3, 0.4) is 0 Å². The van der Waals surface area contributed by atoms with Crippen LogP contribution in [0.5, 0.6) is 0 Å². The molecule has 2 N–H and O–H groups in total. The number of Topliss-reactive ketones (excluding diaryl/α,β-unsaturated/α-hetero) is 1. The minimum atomic E-state index is -0.500. The van der Waals surface area contributed by atoms with E-state index in [-0.39, 0.29) is 22.7 Å². The fourth-order valence-electron chi connectivity index (χ4n) is 3.62. The molecule has 7 nitrogen and oxygen atoms in total. The molecule has 7 heteroatoms. The van der Waals surface area contributed by atoms with E-state index in [1.165, 1.54) is 6.92 Å². The average molecular weight is 382 g/mol. The third kappa shape index (κ3) is 2.63. The van der Waals surface area contributed by atoms with Gasteiger partial charge in [0, 0.05) is 35.5 Å². The zero-order valence-corrected chi connectivity index (χ0v) is 15.3. The predicted molar refractivity (Wildman–Crippen MR) is 107 cm³/mol. The topological polar surface area (TPSA) is 105 Å². The molecule has 0 atom stereocenters. The lowest BCUT2D eigenvalue weighted by Gasteiger charge is -2.15. The van der Waals surface area contributed by atoms with Crippen molar-refractivity contribution in [1.82, 2.24) is 20.3 Å².